The van der Waals surface area contributed by atoms with Crippen LogP contribution in [0.4, 0.5) is 0 Å². The lowest BCUT2D eigenvalue weighted by molar-refractivity contribution is -0.245. The maximum atomic E-state index is 6.08. The molecular weight excluding hydrogens is 200 g/mol. The van der Waals surface area contributed by atoms with Gasteiger partial charge >= 0.3 is 0 Å². The van der Waals surface area contributed by atoms with Crippen LogP contribution in [0.2, 0.25) is 0 Å². The van der Waals surface area contributed by atoms with Crippen LogP contribution >= 0.6 is 0 Å². The van der Waals surface area contributed by atoms with Gasteiger partial charge in [-0.2, -0.15) is 0 Å². The molecule has 2 aliphatic heterocycles. The summed E-state index contributed by atoms with van der Waals surface area (Å²) in [5, 5.41) is 0. The van der Waals surface area contributed by atoms with Gasteiger partial charge in [-0.15, -0.1) is 0 Å². The Kier molecular flexibility index (Phi) is 2.97. The molecule has 2 heterocycles. The van der Waals surface area contributed by atoms with E-state index < -0.39 is 0 Å². The molecule has 0 radical (unpaired) electrons. The summed E-state index contributed by atoms with van der Waals surface area (Å²) < 4.78 is 12.0. The topological polar surface area (TPSA) is 18.5 Å². The van der Waals surface area contributed by atoms with Crippen LogP contribution in [-0.2, 0) is 9.47 Å². The first-order valence-corrected chi connectivity index (χ1v) is 7.03. The molecule has 0 amide bonds. The van der Waals surface area contributed by atoms with Crippen LogP contribution in [-0.4, -0.2) is 19.0 Å². The molecule has 0 bridgehead atoms. The third-order valence-electron chi connectivity index (χ3n) is 5.03. The molecule has 3 fully saturated rings. The van der Waals surface area contributed by atoms with E-state index in [2.05, 4.69) is 13.8 Å². The molecule has 1 saturated carbocycles. The zero-order chi connectivity index (χ0) is 11.1. The fraction of sp³-hybridized carbons (Fsp3) is 1.00. The molecule has 16 heavy (non-hydrogen) atoms. The minimum Gasteiger partial charge on any atom is -0.352 e. The Morgan fingerprint density at radius 1 is 1.00 bits per heavy atom. The van der Waals surface area contributed by atoms with Crippen molar-refractivity contribution in [2.45, 2.75) is 58.3 Å². The fourth-order valence-electron chi connectivity index (χ4n) is 4.13. The highest BCUT2D eigenvalue weighted by Crippen LogP contribution is 2.48. The molecule has 1 aliphatic carbocycles. The lowest BCUT2D eigenvalue weighted by Crippen LogP contribution is -2.47. The molecule has 0 aromatic rings. The molecular formula is C14H24O2. The molecule has 2 nitrogen and oxygen atoms in total. The Hall–Kier alpha value is -0.0800. The number of hydrogen-bond donors (Lipinski definition) is 0. The third-order valence-corrected chi connectivity index (χ3v) is 5.03. The average Bonchev–Trinajstić information content (AvgIpc) is 2.45. The quantitative estimate of drug-likeness (QED) is 0.629. The van der Waals surface area contributed by atoms with Gasteiger partial charge in [0.15, 0.2) is 6.29 Å². The van der Waals surface area contributed by atoms with Gasteiger partial charge < -0.3 is 9.47 Å². The Morgan fingerprint density at radius 2 is 1.88 bits per heavy atom. The maximum absolute atomic E-state index is 6.08. The van der Waals surface area contributed by atoms with Gasteiger partial charge in [0.1, 0.15) is 0 Å². The minimum atomic E-state index is 0.115. The minimum absolute atomic E-state index is 0.115. The molecule has 2 saturated heterocycles. The highest BCUT2D eigenvalue weighted by molar-refractivity contribution is 4.91. The van der Waals surface area contributed by atoms with Gasteiger partial charge in [0.25, 0.3) is 0 Å². The Morgan fingerprint density at radius 3 is 2.75 bits per heavy atom. The summed E-state index contributed by atoms with van der Waals surface area (Å²) in [5.74, 6) is 3.17. The van der Waals surface area contributed by atoms with E-state index in [9.17, 15) is 0 Å². The largest absolute Gasteiger partial charge is 0.352 e. The summed E-state index contributed by atoms with van der Waals surface area (Å²) in [6, 6.07) is 0. The van der Waals surface area contributed by atoms with Crippen molar-refractivity contribution in [2.75, 3.05) is 6.61 Å². The summed E-state index contributed by atoms with van der Waals surface area (Å²) in [4.78, 5) is 0. The zero-order valence-corrected chi connectivity index (χ0v) is 10.5. The number of ether oxygens (including phenoxy) is 2. The van der Waals surface area contributed by atoms with E-state index in [-0.39, 0.29) is 6.29 Å². The van der Waals surface area contributed by atoms with Gasteiger partial charge in [-0.1, -0.05) is 13.3 Å². The summed E-state index contributed by atoms with van der Waals surface area (Å²) >= 11 is 0. The molecule has 0 aromatic carbocycles. The lowest BCUT2D eigenvalue weighted by atomic mass is 9.65. The van der Waals surface area contributed by atoms with E-state index in [4.69, 9.17) is 9.47 Å². The van der Waals surface area contributed by atoms with Gasteiger partial charge in [0, 0.05) is 5.92 Å². The zero-order valence-electron chi connectivity index (χ0n) is 10.5. The summed E-state index contributed by atoms with van der Waals surface area (Å²) in [6.07, 6.45) is 7.33. The maximum Gasteiger partial charge on any atom is 0.161 e. The van der Waals surface area contributed by atoms with Gasteiger partial charge in [-0.25, -0.2) is 0 Å². The second-order valence-electron chi connectivity index (χ2n) is 6.14. The number of hydrogen-bond acceptors (Lipinski definition) is 2. The van der Waals surface area contributed by atoms with Crippen LogP contribution in [0.3, 0.4) is 0 Å². The highest BCUT2D eigenvalue weighted by atomic mass is 16.7. The van der Waals surface area contributed by atoms with Crippen molar-refractivity contribution < 1.29 is 9.47 Å². The van der Waals surface area contributed by atoms with E-state index in [0.29, 0.717) is 12.0 Å². The fourth-order valence-corrected chi connectivity index (χ4v) is 4.13. The molecule has 0 aromatic heterocycles. The van der Waals surface area contributed by atoms with Crippen LogP contribution in [0.1, 0.15) is 46.0 Å². The van der Waals surface area contributed by atoms with Gasteiger partial charge in [0.05, 0.1) is 12.7 Å². The Bertz CT molecular complexity index is 253. The molecule has 0 spiro atoms. The SMILES string of the molecule is C[C@H]1CCC2CCCC3C2[C@H](OC[C@@H]3C)O1. The highest BCUT2D eigenvalue weighted by Gasteiger charge is 2.46. The van der Waals surface area contributed by atoms with E-state index in [0.717, 1.165) is 24.4 Å². The third kappa shape index (κ3) is 1.80. The van der Waals surface area contributed by atoms with E-state index >= 15 is 0 Å². The van der Waals surface area contributed by atoms with Gasteiger partial charge in [-0.05, 0) is 50.4 Å². The predicted octanol–water partition coefficient (Wildman–Crippen LogP) is 3.21. The number of rotatable bonds is 0. The smallest absolute Gasteiger partial charge is 0.161 e. The van der Waals surface area contributed by atoms with Crippen molar-refractivity contribution in [2.24, 2.45) is 23.7 Å². The molecule has 2 heteroatoms. The molecule has 3 aliphatic rings. The summed E-state index contributed by atoms with van der Waals surface area (Å²) in [7, 11) is 0. The van der Waals surface area contributed by atoms with E-state index in [1.807, 2.05) is 0 Å². The Balaban J connectivity index is 1.85. The monoisotopic (exact) mass is 224 g/mol. The Labute approximate surface area is 98.7 Å². The first-order valence-electron chi connectivity index (χ1n) is 7.03. The van der Waals surface area contributed by atoms with Crippen LogP contribution in [0, 0.1) is 23.7 Å². The second kappa shape index (κ2) is 4.30. The standard InChI is InChI=1S/C14H24O2/c1-9-8-15-14-13-11(4-3-5-12(9)13)7-6-10(2)16-14/h9-14H,3-8H2,1-2H3/t9-,10-,11?,12?,13?,14+/m0/s1. The molecule has 92 valence electrons. The van der Waals surface area contributed by atoms with Crippen molar-refractivity contribution >= 4 is 0 Å². The van der Waals surface area contributed by atoms with Crippen molar-refractivity contribution in [1.82, 2.24) is 0 Å². The normalized spacial score (nSPS) is 52.9. The van der Waals surface area contributed by atoms with Crippen LogP contribution < -0.4 is 0 Å². The summed E-state index contributed by atoms with van der Waals surface area (Å²) in [6.45, 7) is 5.47. The van der Waals surface area contributed by atoms with E-state index in [1.54, 1.807) is 0 Å². The molecule has 3 unspecified atom stereocenters. The average molecular weight is 224 g/mol. The van der Waals surface area contributed by atoms with E-state index in [1.165, 1.54) is 32.1 Å². The molecule has 6 atom stereocenters. The molecule has 0 N–H and O–H groups in total. The van der Waals surface area contributed by atoms with Crippen molar-refractivity contribution in [3.63, 3.8) is 0 Å². The van der Waals surface area contributed by atoms with Crippen molar-refractivity contribution in [1.29, 1.82) is 0 Å². The first kappa shape index (κ1) is 11.0. The van der Waals surface area contributed by atoms with Crippen LogP contribution in [0.5, 0.6) is 0 Å². The van der Waals surface area contributed by atoms with Crippen LogP contribution in [0.15, 0.2) is 0 Å². The van der Waals surface area contributed by atoms with Gasteiger partial charge in [-0.3, -0.25) is 0 Å². The van der Waals surface area contributed by atoms with Gasteiger partial charge in [0.2, 0.25) is 0 Å². The predicted molar refractivity (Wildman–Crippen MR) is 63.0 cm³/mol. The second-order valence-corrected chi connectivity index (χ2v) is 6.14. The van der Waals surface area contributed by atoms with Crippen LogP contribution in [0.25, 0.3) is 0 Å². The van der Waals surface area contributed by atoms with Crippen molar-refractivity contribution in [3.8, 4) is 0 Å². The lowest BCUT2D eigenvalue weighted by Gasteiger charge is -2.47. The van der Waals surface area contributed by atoms with Crippen molar-refractivity contribution in [3.05, 3.63) is 0 Å². The summed E-state index contributed by atoms with van der Waals surface area (Å²) in [5.41, 5.74) is 0. The first-order chi connectivity index (χ1) is 7.75. The molecule has 3 rings (SSSR count).